The quantitative estimate of drug-likeness (QED) is 0.619. The first-order valence-electron chi connectivity index (χ1n) is 7.12. The highest BCUT2D eigenvalue weighted by Crippen LogP contribution is 2.18. The van der Waals surface area contributed by atoms with Crippen LogP contribution >= 0.6 is 11.6 Å². The lowest BCUT2D eigenvalue weighted by Crippen LogP contribution is -2.01. The zero-order valence-corrected chi connectivity index (χ0v) is 12.8. The fourth-order valence-corrected chi connectivity index (χ4v) is 2.26. The summed E-state index contributed by atoms with van der Waals surface area (Å²) in [4.78, 5) is 4.47. The minimum atomic E-state index is 0.515. The van der Waals surface area contributed by atoms with Crippen LogP contribution in [-0.2, 0) is 12.3 Å². The monoisotopic (exact) mass is 313 g/mol. The molecule has 0 spiro atoms. The molecule has 0 aliphatic carbocycles. The molecule has 0 saturated carbocycles. The Labute approximate surface area is 134 Å². The second-order valence-electron chi connectivity index (χ2n) is 4.89. The fraction of sp³-hybridized carbons (Fsp3) is 0.167. The van der Waals surface area contributed by atoms with Gasteiger partial charge in [-0.1, -0.05) is 30.3 Å². The topological polar surface area (TPSA) is 35.3 Å². The molecule has 22 heavy (non-hydrogen) atoms. The Bertz CT molecular complexity index is 707. The van der Waals surface area contributed by atoms with Gasteiger partial charge in [-0.05, 0) is 29.8 Å². The summed E-state index contributed by atoms with van der Waals surface area (Å²) in [6.45, 7) is 0.557. The number of alkyl halides is 1. The number of hydrogen-bond donors (Lipinski definition) is 0. The van der Waals surface area contributed by atoms with E-state index in [2.05, 4.69) is 4.98 Å². The normalized spacial score (nSPS) is 10.6. The van der Waals surface area contributed by atoms with E-state index in [1.807, 2.05) is 54.6 Å². The summed E-state index contributed by atoms with van der Waals surface area (Å²) in [7, 11) is 0. The van der Waals surface area contributed by atoms with E-state index in [4.69, 9.17) is 20.8 Å². The molecule has 1 aromatic heterocycles. The smallest absolute Gasteiger partial charge is 0.226 e. The molecular weight excluding hydrogens is 298 g/mol. The summed E-state index contributed by atoms with van der Waals surface area (Å²) in [6.07, 6.45) is 2.38. The lowest BCUT2D eigenvalue weighted by Gasteiger charge is -2.05. The number of aromatic nitrogens is 1. The van der Waals surface area contributed by atoms with E-state index in [-0.39, 0.29) is 0 Å². The van der Waals surface area contributed by atoms with Crippen molar-refractivity contribution in [1.82, 2.24) is 4.98 Å². The van der Waals surface area contributed by atoms with Crippen LogP contribution in [0.15, 0.2) is 65.3 Å². The maximum Gasteiger partial charge on any atom is 0.226 e. The molecule has 1 heterocycles. The molecule has 0 saturated heterocycles. The van der Waals surface area contributed by atoms with Gasteiger partial charge in [-0.25, -0.2) is 4.98 Å². The molecule has 2 aromatic carbocycles. The van der Waals surface area contributed by atoms with Crippen LogP contribution in [0.5, 0.6) is 5.75 Å². The van der Waals surface area contributed by atoms with Crippen molar-refractivity contribution in [2.45, 2.75) is 12.3 Å². The number of benzene rings is 2. The molecule has 0 aliphatic rings. The van der Waals surface area contributed by atoms with Gasteiger partial charge in [0, 0.05) is 17.9 Å². The van der Waals surface area contributed by atoms with E-state index in [0.29, 0.717) is 24.8 Å². The average Bonchev–Trinajstić information content (AvgIpc) is 3.05. The summed E-state index contributed by atoms with van der Waals surface area (Å²) in [5.74, 6) is 1.99. The van der Waals surface area contributed by atoms with Gasteiger partial charge in [0.1, 0.15) is 12.0 Å². The molecule has 3 nitrogen and oxygen atoms in total. The van der Waals surface area contributed by atoms with Gasteiger partial charge in [0.2, 0.25) is 5.89 Å². The Balaban J connectivity index is 1.54. The molecule has 0 aliphatic heterocycles. The van der Waals surface area contributed by atoms with Crippen molar-refractivity contribution >= 4 is 11.6 Å². The van der Waals surface area contributed by atoms with E-state index < -0.39 is 0 Å². The molecule has 0 fully saturated rings. The van der Waals surface area contributed by atoms with E-state index in [9.17, 15) is 0 Å². The van der Waals surface area contributed by atoms with Crippen molar-refractivity contribution in [2.75, 3.05) is 6.61 Å². The van der Waals surface area contributed by atoms with Crippen LogP contribution in [0.2, 0.25) is 0 Å². The maximum atomic E-state index is 5.76. The Hall–Kier alpha value is -2.26. The molecule has 0 N–H and O–H groups in total. The zero-order chi connectivity index (χ0) is 15.2. The Morgan fingerprint density at radius 2 is 1.77 bits per heavy atom. The largest absolute Gasteiger partial charge is 0.493 e. The van der Waals surface area contributed by atoms with Crippen molar-refractivity contribution in [3.63, 3.8) is 0 Å². The standard InChI is InChI=1S/C18H16ClNO2/c19-12-14-6-8-17(9-7-14)21-11-10-16-13-22-18(20-16)15-4-2-1-3-5-15/h1-9,13H,10-12H2. The van der Waals surface area contributed by atoms with Crippen LogP contribution in [-0.4, -0.2) is 11.6 Å². The third-order valence-electron chi connectivity index (χ3n) is 3.28. The first-order chi connectivity index (χ1) is 10.8. The maximum absolute atomic E-state index is 5.76. The number of halogens is 1. The van der Waals surface area contributed by atoms with Crippen LogP contribution in [0.4, 0.5) is 0 Å². The molecular formula is C18H16ClNO2. The lowest BCUT2D eigenvalue weighted by molar-refractivity contribution is 0.320. The van der Waals surface area contributed by atoms with Gasteiger partial charge in [-0.2, -0.15) is 0 Å². The molecule has 0 unspecified atom stereocenters. The number of hydrogen-bond acceptors (Lipinski definition) is 3. The van der Waals surface area contributed by atoms with Gasteiger partial charge < -0.3 is 9.15 Å². The molecule has 4 heteroatoms. The van der Waals surface area contributed by atoms with Gasteiger partial charge in [-0.15, -0.1) is 11.6 Å². The molecule has 3 rings (SSSR count). The minimum Gasteiger partial charge on any atom is -0.493 e. The summed E-state index contributed by atoms with van der Waals surface area (Å²) in [6, 6.07) is 17.6. The second-order valence-corrected chi connectivity index (χ2v) is 5.15. The summed E-state index contributed by atoms with van der Waals surface area (Å²) >= 11 is 5.76. The highest BCUT2D eigenvalue weighted by molar-refractivity contribution is 6.17. The predicted octanol–water partition coefficient (Wildman–Crippen LogP) is 4.70. The molecule has 0 amide bonds. The van der Waals surface area contributed by atoms with Crippen molar-refractivity contribution in [1.29, 1.82) is 0 Å². The van der Waals surface area contributed by atoms with Gasteiger partial charge in [-0.3, -0.25) is 0 Å². The third kappa shape index (κ3) is 3.68. The van der Waals surface area contributed by atoms with Crippen molar-refractivity contribution in [2.24, 2.45) is 0 Å². The van der Waals surface area contributed by atoms with Crippen molar-refractivity contribution in [3.05, 3.63) is 72.1 Å². The first kappa shape index (κ1) is 14.7. The fourth-order valence-electron chi connectivity index (χ4n) is 2.08. The Kier molecular flexibility index (Phi) is 4.76. The second kappa shape index (κ2) is 7.14. The minimum absolute atomic E-state index is 0.515. The summed E-state index contributed by atoms with van der Waals surface area (Å²) < 4.78 is 11.2. The predicted molar refractivity (Wildman–Crippen MR) is 87.1 cm³/mol. The molecule has 112 valence electrons. The highest BCUT2D eigenvalue weighted by Gasteiger charge is 2.06. The SMILES string of the molecule is ClCc1ccc(OCCc2coc(-c3ccccc3)n2)cc1. The third-order valence-corrected chi connectivity index (χ3v) is 3.59. The molecule has 0 atom stereocenters. The van der Waals surface area contributed by atoms with Gasteiger partial charge in [0.05, 0.1) is 12.3 Å². The van der Waals surface area contributed by atoms with E-state index in [0.717, 1.165) is 22.6 Å². The Morgan fingerprint density at radius 1 is 1.00 bits per heavy atom. The van der Waals surface area contributed by atoms with Crippen LogP contribution in [0.3, 0.4) is 0 Å². The number of rotatable bonds is 6. The number of oxazole rings is 1. The van der Waals surface area contributed by atoms with Crippen LogP contribution in [0.1, 0.15) is 11.3 Å². The molecule has 0 radical (unpaired) electrons. The van der Waals surface area contributed by atoms with Gasteiger partial charge in [0.15, 0.2) is 0 Å². The Morgan fingerprint density at radius 3 is 2.50 bits per heavy atom. The lowest BCUT2D eigenvalue weighted by atomic mass is 10.2. The highest BCUT2D eigenvalue weighted by atomic mass is 35.5. The van der Waals surface area contributed by atoms with E-state index in [1.54, 1.807) is 6.26 Å². The molecule has 0 bridgehead atoms. The van der Waals surface area contributed by atoms with Gasteiger partial charge >= 0.3 is 0 Å². The average molecular weight is 314 g/mol. The van der Waals surface area contributed by atoms with Crippen LogP contribution in [0, 0.1) is 0 Å². The van der Waals surface area contributed by atoms with Crippen molar-refractivity contribution in [3.8, 4) is 17.2 Å². The molecule has 3 aromatic rings. The van der Waals surface area contributed by atoms with Crippen molar-refractivity contribution < 1.29 is 9.15 Å². The number of nitrogens with zero attached hydrogens (tertiary/aromatic N) is 1. The van der Waals surface area contributed by atoms with Crippen LogP contribution < -0.4 is 4.74 Å². The summed E-state index contributed by atoms with van der Waals surface area (Å²) in [5.41, 5.74) is 2.94. The summed E-state index contributed by atoms with van der Waals surface area (Å²) in [5, 5.41) is 0. The van der Waals surface area contributed by atoms with E-state index >= 15 is 0 Å². The first-order valence-corrected chi connectivity index (χ1v) is 7.66. The zero-order valence-electron chi connectivity index (χ0n) is 12.0. The number of ether oxygens (including phenoxy) is 1. The van der Waals surface area contributed by atoms with Gasteiger partial charge in [0.25, 0.3) is 0 Å². The van der Waals surface area contributed by atoms with Crippen LogP contribution in [0.25, 0.3) is 11.5 Å². The van der Waals surface area contributed by atoms with E-state index in [1.165, 1.54) is 0 Å².